The maximum atomic E-state index is 12.9. The number of aryl methyl sites for hydroxylation is 1. The molecule has 1 aromatic carbocycles. The number of halogens is 1. The maximum absolute atomic E-state index is 12.9. The lowest BCUT2D eigenvalue weighted by atomic mass is 10.2. The molecule has 2 rings (SSSR count). The van der Waals surface area contributed by atoms with Crippen LogP contribution in [0.15, 0.2) is 36.4 Å². The van der Waals surface area contributed by atoms with E-state index in [-0.39, 0.29) is 5.82 Å². The van der Waals surface area contributed by atoms with Gasteiger partial charge in [-0.1, -0.05) is 13.8 Å². The molecular formula is C16H19FN2O. The van der Waals surface area contributed by atoms with Crippen molar-refractivity contribution in [3.8, 4) is 11.6 Å². The van der Waals surface area contributed by atoms with Gasteiger partial charge in [0, 0.05) is 18.3 Å². The minimum atomic E-state index is -0.277. The molecule has 106 valence electrons. The van der Waals surface area contributed by atoms with Gasteiger partial charge >= 0.3 is 0 Å². The molecule has 0 bridgehead atoms. The van der Waals surface area contributed by atoms with Gasteiger partial charge in [-0.15, -0.1) is 0 Å². The molecule has 2 aromatic rings. The largest absolute Gasteiger partial charge is 0.439 e. The SMILES string of the molecule is CCNCc1cc(CC)nc(Oc2ccc(F)cc2)c1. The van der Waals surface area contributed by atoms with Gasteiger partial charge in [-0.3, -0.25) is 0 Å². The fourth-order valence-corrected chi connectivity index (χ4v) is 1.85. The second-order valence-electron chi connectivity index (χ2n) is 4.49. The Balaban J connectivity index is 2.19. The van der Waals surface area contributed by atoms with Gasteiger partial charge in [0.15, 0.2) is 0 Å². The van der Waals surface area contributed by atoms with Crippen LogP contribution in [-0.2, 0) is 13.0 Å². The Kier molecular flexibility index (Phi) is 5.07. The highest BCUT2D eigenvalue weighted by atomic mass is 19.1. The molecular weight excluding hydrogens is 255 g/mol. The zero-order valence-electron chi connectivity index (χ0n) is 11.8. The fraction of sp³-hybridized carbons (Fsp3) is 0.312. The molecule has 20 heavy (non-hydrogen) atoms. The summed E-state index contributed by atoms with van der Waals surface area (Å²) in [6, 6.07) is 9.92. The Morgan fingerprint density at radius 2 is 1.90 bits per heavy atom. The minimum Gasteiger partial charge on any atom is -0.439 e. The lowest BCUT2D eigenvalue weighted by molar-refractivity contribution is 0.458. The van der Waals surface area contributed by atoms with E-state index in [1.54, 1.807) is 12.1 Å². The van der Waals surface area contributed by atoms with Gasteiger partial charge in [0.25, 0.3) is 0 Å². The second-order valence-corrected chi connectivity index (χ2v) is 4.49. The third-order valence-corrected chi connectivity index (χ3v) is 2.89. The van der Waals surface area contributed by atoms with Crippen LogP contribution in [0.1, 0.15) is 25.1 Å². The molecule has 0 amide bonds. The van der Waals surface area contributed by atoms with E-state index in [1.807, 2.05) is 6.07 Å². The van der Waals surface area contributed by atoms with Crippen LogP contribution in [-0.4, -0.2) is 11.5 Å². The normalized spacial score (nSPS) is 10.6. The molecule has 1 heterocycles. The predicted octanol–water partition coefficient (Wildman–Crippen LogP) is 3.68. The zero-order valence-corrected chi connectivity index (χ0v) is 11.8. The number of benzene rings is 1. The maximum Gasteiger partial charge on any atom is 0.219 e. The van der Waals surface area contributed by atoms with Crippen molar-refractivity contribution < 1.29 is 9.13 Å². The number of ether oxygens (including phenoxy) is 1. The summed E-state index contributed by atoms with van der Waals surface area (Å²) in [5, 5.41) is 3.28. The molecule has 0 saturated heterocycles. The number of pyridine rings is 1. The Bertz CT molecular complexity index is 555. The first-order chi connectivity index (χ1) is 9.71. The van der Waals surface area contributed by atoms with Crippen molar-refractivity contribution in [2.75, 3.05) is 6.54 Å². The van der Waals surface area contributed by atoms with Crippen LogP contribution < -0.4 is 10.1 Å². The summed E-state index contributed by atoms with van der Waals surface area (Å²) in [6.45, 7) is 5.82. The summed E-state index contributed by atoms with van der Waals surface area (Å²) >= 11 is 0. The highest BCUT2D eigenvalue weighted by molar-refractivity contribution is 5.31. The van der Waals surface area contributed by atoms with Gasteiger partial charge in [-0.25, -0.2) is 9.37 Å². The third kappa shape index (κ3) is 4.03. The van der Waals surface area contributed by atoms with Crippen molar-refractivity contribution in [2.24, 2.45) is 0 Å². The molecule has 0 spiro atoms. The molecule has 0 radical (unpaired) electrons. The van der Waals surface area contributed by atoms with Gasteiger partial charge in [-0.2, -0.15) is 0 Å². The Morgan fingerprint density at radius 3 is 2.55 bits per heavy atom. The summed E-state index contributed by atoms with van der Waals surface area (Å²) in [6.07, 6.45) is 0.847. The van der Waals surface area contributed by atoms with E-state index in [0.717, 1.165) is 30.8 Å². The number of aromatic nitrogens is 1. The first kappa shape index (κ1) is 14.5. The average Bonchev–Trinajstić information content (AvgIpc) is 2.47. The third-order valence-electron chi connectivity index (χ3n) is 2.89. The first-order valence-electron chi connectivity index (χ1n) is 6.85. The number of nitrogens with zero attached hydrogens (tertiary/aromatic N) is 1. The molecule has 0 saturated carbocycles. The predicted molar refractivity (Wildman–Crippen MR) is 77.5 cm³/mol. The van der Waals surface area contributed by atoms with Crippen LogP contribution in [0, 0.1) is 5.82 Å². The monoisotopic (exact) mass is 274 g/mol. The molecule has 0 atom stereocenters. The molecule has 1 N–H and O–H groups in total. The molecule has 0 aliphatic rings. The summed E-state index contributed by atoms with van der Waals surface area (Å²) in [4.78, 5) is 4.43. The van der Waals surface area contributed by atoms with Crippen molar-refractivity contribution in [3.63, 3.8) is 0 Å². The van der Waals surface area contributed by atoms with Gasteiger partial charge in [-0.05, 0) is 48.9 Å². The van der Waals surface area contributed by atoms with Gasteiger partial charge in [0.1, 0.15) is 11.6 Å². The van der Waals surface area contributed by atoms with Crippen molar-refractivity contribution in [3.05, 3.63) is 53.5 Å². The van der Waals surface area contributed by atoms with Gasteiger partial charge in [0.05, 0.1) is 0 Å². The van der Waals surface area contributed by atoms with Gasteiger partial charge < -0.3 is 10.1 Å². The van der Waals surface area contributed by atoms with Crippen LogP contribution in [0.25, 0.3) is 0 Å². The van der Waals surface area contributed by atoms with E-state index < -0.39 is 0 Å². The summed E-state index contributed by atoms with van der Waals surface area (Å²) < 4.78 is 18.6. The van der Waals surface area contributed by atoms with Crippen LogP contribution >= 0.6 is 0 Å². The second kappa shape index (κ2) is 7.01. The molecule has 0 fully saturated rings. The van der Waals surface area contributed by atoms with E-state index in [2.05, 4.69) is 30.2 Å². The molecule has 3 nitrogen and oxygen atoms in total. The van der Waals surface area contributed by atoms with Crippen LogP contribution in [0.4, 0.5) is 4.39 Å². The molecule has 1 aromatic heterocycles. The Hall–Kier alpha value is -1.94. The van der Waals surface area contributed by atoms with Crippen LogP contribution in [0.2, 0.25) is 0 Å². The molecule has 0 unspecified atom stereocenters. The number of hydrogen-bond acceptors (Lipinski definition) is 3. The number of hydrogen-bond donors (Lipinski definition) is 1. The van der Waals surface area contributed by atoms with Crippen molar-refractivity contribution in [1.82, 2.24) is 10.3 Å². The molecule has 0 aliphatic heterocycles. The number of rotatable bonds is 6. The highest BCUT2D eigenvalue weighted by Gasteiger charge is 2.04. The zero-order chi connectivity index (χ0) is 14.4. The van der Waals surface area contributed by atoms with E-state index in [4.69, 9.17) is 4.74 Å². The molecule has 4 heteroatoms. The lowest BCUT2D eigenvalue weighted by Crippen LogP contribution is -2.12. The molecule has 0 aliphatic carbocycles. The Morgan fingerprint density at radius 1 is 1.15 bits per heavy atom. The number of nitrogens with one attached hydrogen (secondary N) is 1. The van der Waals surface area contributed by atoms with E-state index in [1.165, 1.54) is 12.1 Å². The quantitative estimate of drug-likeness (QED) is 0.872. The average molecular weight is 274 g/mol. The fourth-order valence-electron chi connectivity index (χ4n) is 1.85. The lowest BCUT2D eigenvalue weighted by Gasteiger charge is -2.09. The highest BCUT2D eigenvalue weighted by Crippen LogP contribution is 2.21. The topological polar surface area (TPSA) is 34.2 Å². The first-order valence-corrected chi connectivity index (χ1v) is 6.85. The van der Waals surface area contributed by atoms with Crippen molar-refractivity contribution in [2.45, 2.75) is 26.8 Å². The van der Waals surface area contributed by atoms with Crippen LogP contribution in [0.3, 0.4) is 0 Å². The van der Waals surface area contributed by atoms with Crippen LogP contribution in [0.5, 0.6) is 11.6 Å². The van der Waals surface area contributed by atoms with E-state index in [0.29, 0.717) is 11.6 Å². The summed E-state index contributed by atoms with van der Waals surface area (Å²) in [5.41, 5.74) is 2.12. The van der Waals surface area contributed by atoms with E-state index >= 15 is 0 Å². The van der Waals surface area contributed by atoms with E-state index in [9.17, 15) is 4.39 Å². The minimum absolute atomic E-state index is 0.277. The summed E-state index contributed by atoms with van der Waals surface area (Å²) in [7, 11) is 0. The van der Waals surface area contributed by atoms with Crippen molar-refractivity contribution in [1.29, 1.82) is 0 Å². The smallest absolute Gasteiger partial charge is 0.219 e. The Labute approximate surface area is 118 Å². The standard InChI is InChI=1S/C16H19FN2O/c1-3-14-9-12(11-18-4-2)10-16(19-14)20-15-7-5-13(17)6-8-15/h5-10,18H,3-4,11H2,1-2H3. The summed E-state index contributed by atoms with van der Waals surface area (Å²) in [5.74, 6) is 0.853. The van der Waals surface area contributed by atoms with Gasteiger partial charge in [0.2, 0.25) is 5.88 Å². The van der Waals surface area contributed by atoms with Crippen molar-refractivity contribution >= 4 is 0 Å².